The molecule has 0 bridgehead atoms. The van der Waals surface area contributed by atoms with Gasteiger partial charge in [-0.15, -0.1) is 0 Å². The fourth-order valence-electron chi connectivity index (χ4n) is 6.99. The molecule has 2 fully saturated rings. The van der Waals surface area contributed by atoms with Crippen molar-refractivity contribution < 1.29 is 28.1 Å². The molecule has 54 heavy (non-hydrogen) atoms. The van der Waals surface area contributed by atoms with E-state index in [0.29, 0.717) is 57.4 Å². The van der Waals surface area contributed by atoms with E-state index < -0.39 is 17.8 Å². The third kappa shape index (κ3) is 12.1. The van der Waals surface area contributed by atoms with Crippen molar-refractivity contribution in [2.24, 2.45) is 0 Å². The van der Waals surface area contributed by atoms with Gasteiger partial charge in [-0.2, -0.15) is 11.8 Å². The lowest BCUT2D eigenvalue weighted by Crippen LogP contribution is -2.39. The van der Waals surface area contributed by atoms with E-state index in [9.17, 15) is 9.59 Å². The molecular weight excluding hydrogens is 740 g/mol. The number of rotatable bonds is 22. The van der Waals surface area contributed by atoms with Crippen LogP contribution in [0.2, 0.25) is 0 Å². The molecule has 294 valence electrons. The fourth-order valence-corrected chi connectivity index (χ4v) is 11.4. The highest BCUT2D eigenvalue weighted by molar-refractivity contribution is 8.09. The van der Waals surface area contributed by atoms with E-state index in [1.165, 1.54) is 0 Å². The third-order valence-electron chi connectivity index (χ3n) is 9.36. The van der Waals surface area contributed by atoms with Gasteiger partial charge in [0, 0.05) is 37.1 Å². The fraction of sp³-hybridized carbons (Fsp3) is 0.512. The molecule has 3 amide bonds. The number of ether oxygens (including phenoxy) is 2. The summed E-state index contributed by atoms with van der Waals surface area (Å²) in [4.78, 5) is 24.9. The molecule has 2 aliphatic heterocycles. The van der Waals surface area contributed by atoms with E-state index >= 15 is 0 Å². The van der Waals surface area contributed by atoms with Crippen molar-refractivity contribution in [3.63, 3.8) is 0 Å². The first-order valence-electron chi connectivity index (χ1n) is 19.1. The van der Waals surface area contributed by atoms with E-state index in [2.05, 4.69) is 57.4 Å². The van der Waals surface area contributed by atoms with Crippen LogP contribution in [-0.4, -0.2) is 79.6 Å². The highest BCUT2D eigenvalue weighted by Crippen LogP contribution is 2.48. The Balaban J connectivity index is 1.33. The molecule has 3 aromatic carbocycles. The van der Waals surface area contributed by atoms with Crippen LogP contribution in [-0.2, 0) is 40.7 Å². The Labute approximate surface area is 330 Å². The van der Waals surface area contributed by atoms with E-state index in [4.69, 9.17) is 30.3 Å². The molecule has 5 rings (SSSR count). The monoisotopic (exact) mass is 796 g/mol. The first kappa shape index (κ1) is 42.3. The van der Waals surface area contributed by atoms with Gasteiger partial charge < -0.3 is 34.5 Å². The summed E-state index contributed by atoms with van der Waals surface area (Å²) in [6.45, 7) is 7.23. The predicted molar refractivity (Wildman–Crippen MR) is 221 cm³/mol. The van der Waals surface area contributed by atoms with E-state index in [1.807, 2.05) is 94.1 Å². The van der Waals surface area contributed by atoms with Crippen molar-refractivity contribution in [1.82, 2.24) is 21.0 Å². The Hall–Kier alpha value is -2.80. The summed E-state index contributed by atoms with van der Waals surface area (Å²) >= 11 is 7.87. The number of carbonyl (C=O) groups excluding carboxylic acids is 2. The Morgan fingerprint density at radius 3 is 2.07 bits per heavy atom. The first-order chi connectivity index (χ1) is 26.0. The van der Waals surface area contributed by atoms with E-state index in [-0.39, 0.29) is 30.1 Å². The van der Waals surface area contributed by atoms with Gasteiger partial charge in [0.05, 0.1) is 37.0 Å². The zero-order valence-corrected chi connectivity index (χ0v) is 34.5. The van der Waals surface area contributed by atoms with E-state index in [0.717, 1.165) is 35.3 Å². The Kier molecular flexibility index (Phi) is 16.0. The summed E-state index contributed by atoms with van der Waals surface area (Å²) in [5, 5.41) is 13.0. The second-order valence-electron chi connectivity index (χ2n) is 14.6. The summed E-state index contributed by atoms with van der Waals surface area (Å²) in [6, 6.07) is 31.1. The molecule has 2 saturated heterocycles. The van der Waals surface area contributed by atoms with Gasteiger partial charge in [0.25, 0.3) is 6.64 Å². The standard InChI is InChI=1S/C41H57N4O6PS2/c1-5-48-28-29-49-52(53,51-40(2,3)4)43-27-25-34(24-26-42-37(46)23-15-22-36-38-35(30-54-36)44-39(47)45-38)50-41(31-16-9-6-10-17-31,32-18-11-7-12-19-32)33-20-13-8-14-21-33/h6-14,16-21,34-36,38H,5,15,22-30H2,1-4H3,(H,42,46)(H,43,53)(H2,44,45,47). The quantitative estimate of drug-likeness (QED) is 0.0360. The van der Waals surface area contributed by atoms with Crippen LogP contribution in [0, 0.1) is 0 Å². The zero-order chi connectivity index (χ0) is 38.4. The summed E-state index contributed by atoms with van der Waals surface area (Å²) in [7, 11) is 0. The molecule has 5 atom stereocenters. The molecule has 2 heterocycles. The largest absolute Gasteiger partial charge is 0.379 e. The minimum atomic E-state index is -2.89. The van der Waals surface area contributed by atoms with Crippen molar-refractivity contribution in [1.29, 1.82) is 0 Å². The van der Waals surface area contributed by atoms with Crippen LogP contribution < -0.4 is 21.0 Å². The molecular formula is C41H57N4O6PS2. The number of hydrogen-bond acceptors (Lipinski definition) is 8. The average Bonchev–Trinajstić information content (AvgIpc) is 3.71. The van der Waals surface area contributed by atoms with Gasteiger partial charge in [0.15, 0.2) is 0 Å². The molecule has 0 saturated carbocycles. The lowest BCUT2D eigenvalue weighted by Gasteiger charge is -2.39. The minimum absolute atomic E-state index is 0.0113. The Morgan fingerprint density at radius 2 is 1.50 bits per heavy atom. The highest BCUT2D eigenvalue weighted by atomic mass is 32.5. The van der Waals surface area contributed by atoms with Crippen LogP contribution in [0.1, 0.15) is 76.5 Å². The van der Waals surface area contributed by atoms with Gasteiger partial charge in [0.2, 0.25) is 5.91 Å². The van der Waals surface area contributed by atoms with Crippen LogP contribution in [0.25, 0.3) is 0 Å². The van der Waals surface area contributed by atoms with Gasteiger partial charge in [0.1, 0.15) is 5.60 Å². The lowest BCUT2D eigenvalue weighted by molar-refractivity contribution is -0.121. The second-order valence-corrected chi connectivity index (χ2v) is 19.1. The van der Waals surface area contributed by atoms with Gasteiger partial charge in [-0.1, -0.05) is 91.0 Å². The van der Waals surface area contributed by atoms with Crippen LogP contribution in [0.15, 0.2) is 91.0 Å². The van der Waals surface area contributed by atoms with Gasteiger partial charge in [-0.05, 0) is 81.9 Å². The maximum Gasteiger partial charge on any atom is 0.315 e. The van der Waals surface area contributed by atoms with Crippen LogP contribution in [0.5, 0.6) is 0 Å². The highest BCUT2D eigenvalue weighted by Gasteiger charge is 2.43. The summed E-state index contributed by atoms with van der Waals surface area (Å²) in [5.74, 6) is 0.917. The zero-order valence-electron chi connectivity index (χ0n) is 32.0. The minimum Gasteiger partial charge on any atom is -0.379 e. The smallest absolute Gasteiger partial charge is 0.315 e. The van der Waals surface area contributed by atoms with Crippen LogP contribution in [0.3, 0.4) is 0 Å². The Morgan fingerprint density at radius 1 is 0.907 bits per heavy atom. The molecule has 5 unspecified atom stereocenters. The average molecular weight is 797 g/mol. The van der Waals surface area contributed by atoms with Crippen molar-refractivity contribution in [3.05, 3.63) is 108 Å². The molecule has 0 radical (unpaired) electrons. The van der Waals surface area contributed by atoms with Crippen LogP contribution in [0.4, 0.5) is 4.79 Å². The number of hydrogen-bond donors (Lipinski definition) is 4. The third-order valence-corrected chi connectivity index (χ3v) is 13.7. The van der Waals surface area contributed by atoms with Crippen molar-refractivity contribution >= 4 is 42.1 Å². The van der Waals surface area contributed by atoms with Crippen molar-refractivity contribution in [2.75, 3.05) is 38.7 Å². The number of fused-ring (bicyclic) bond motifs is 1. The van der Waals surface area contributed by atoms with E-state index in [1.54, 1.807) is 0 Å². The summed E-state index contributed by atoms with van der Waals surface area (Å²) < 4.78 is 25.4. The molecule has 2 aliphatic rings. The molecule has 10 nitrogen and oxygen atoms in total. The first-order valence-corrected chi connectivity index (χ1v) is 22.8. The number of urea groups is 1. The molecule has 13 heteroatoms. The second kappa shape index (κ2) is 20.4. The topological polar surface area (TPSA) is 119 Å². The van der Waals surface area contributed by atoms with Crippen molar-refractivity contribution in [3.8, 4) is 0 Å². The molecule has 0 spiro atoms. The van der Waals surface area contributed by atoms with Gasteiger partial charge in [-0.25, -0.2) is 9.88 Å². The summed E-state index contributed by atoms with van der Waals surface area (Å²) in [5.41, 5.74) is 1.56. The number of thioether (sulfide) groups is 1. The molecule has 4 N–H and O–H groups in total. The molecule has 0 aromatic heterocycles. The summed E-state index contributed by atoms with van der Waals surface area (Å²) in [6.07, 6.45) is 2.89. The number of benzene rings is 3. The maximum absolute atomic E-state index is 13.1. The van der Waals surface area contributed by atoms with Gasteiger partial charge >= 0.3 is 6.03 Å². The van der Waals surface area contributed by atoms with Crippen molar-refractivity contribution in [2.45, 2.75) is 94.4 Å². The number of nitrogens with one attached hydrogen (secondary N) is 4. The maximum atomic E-state index is 13.1. The Bertz CT molecular complexity index is 1550. The van der Waals surface area contributed by atoms with Gasteiger partial charge in [-0.3, -0.25) is 4.79 Å². The number of carbonyl (C=O) groups is 2. The molecule has 0 aliphatic carbocycles. The van der Waals surface area contributed by atoms with Crippen LogP contribution >= 0.6 is 18.4 Å². The number of amides is 3. The normalized spacial score (nSPS) is 20.1. The SMILES string of the molecule is CCOCCOP(=S)(NCCC(CCNC(=O)CCCC1SCC2NC(=O)NC21)OC(c1ccccc1)(c1ccccc1)c1ccccc1)OC(C)(C)C. The predicted octanol–water partition coefficient (Wildman–Crippen LogP) is 7.28. The lowest BCUT2D eigenvalue weighted by atomic mass is 9.79. The molecule has 3 aromatic rings.